The Bertz CT molecular complexity index is 1080. The van der Waals surface area contributed by atoms with Gasteiger partial charge in [0.25, 0.3) is 5.91 Å². The Morgan fingerprint density at radius 1 is 1.15 bits per heavy atom. The number of amides is 1. The molecule has 2 aromatic heterocycles. The molecule has 0 unspecified atom stereocenters. The fourth-order valence-electron chi connectivity index (χ4n) is 3.18. The van der Waals surface area contributed by atoms with Crippen molar-refractivity contribution in [2.75, 3.05) is 5.32 Å². The van der Waals surface area contributed by atoms with Gasteiger partial charge in [0.2, 0.25) is 0 Å². The summed E-state index contributed by atoms with van der Waals surface area (Å²) in [5.74, 6) is 0.819. The van der Waals surface area contributed by atoms with Crippen LogP contribution in [0.3, 0.4) is 0 Å². The molecule has 0 spiro atoms. The van der Waals surface area contributed by atoms with Gasteiger partial charge in [0.15, 0.2) is 0 Å². The highest BCUT2D eigenvalue weighted by atomic mass is 16.1. The Hall–Kier alpha value is -3.41. The molecular formula is C21H21N5O. The third-order valence-corrected chi connectivity index (χ3v) is 4.58. The van der Waals surface area contributed by atoms with E-state index in [-0.39, 0.29) is 5.91 Å². The summed E-state index contributed by atoms with van der Waals surface area (Å²) in [7, 11) is 0. The molecule has 0 bridgehead atoms. The maximum Gasteiger partial charge on any atom is 0.255 e. The van der Waals surface area contributed by atoms with Gasteiger partial charge in [-0.3, -0.25) is 9.48 Å². The molecule has 0 aliphatic rings. The molecule has 0 aliphatic heterocycles. The van der Waals surface area contributed by atoms with Crippen LogP contribution < -0.4 is 5.32 Å². The van der Waals surface area contributed by atoms with E-state index >= 15 is 0 Å². The van der Waals surface area contributed by atoms with Gasteiger partial charge in [0, 0.05) is 30.2 Å². The molecule has 1 amide bonds. The molecule has 1 N–H and O–H groups in total. The van der Waals surface area contributed by atoms with Crippen molar-refractivity contribution in [1.29, 1.82) is 0 Å². The lowest BCUT2D eigenvalue weighted by molar-refractivity contribution is 0.102. The van der Waals surface area contributed by atoms with Gasteiger partial charge in [-0.1, -0.05) is 17.7 Å². The lowest BCUT2D eigenvalue weighted by atomic mass is 10.1. The van der Waals surface area contributed by atoms with Crippen molar-refractivity contribution in [3.05, 3.63) is 77.9 Å². The number of carbonyl (C=O) groups excluding carboxylic acids is 1. The summed E-state index contributed by atoms with van der Waals surface area (Å²) in [4.78, 5) is 17.2. The smallest absolute Gasteiger partial charge is 0.255 e. The zero-order valence-electron chi connectivity index (χ0n) is 15.4. The predicted molar refractivity (Wildman–Crippen MR) is 106 cm³/mol. The quantitative estimate of drug-likeness (QED) is 0.588. The number of hydrogen-bond acceptors (Lipinski definition) is 3. The van der Waals surface area contributed by atoms with Gasteiger partial charge >= 0.3 is 0 Å². The number of benzene rings is 2. The van der Waals surface area contributed by atoms with Crippen molar-refractivity contribution in [1.82, 2.24) is 19.3 Å². The molecule has 6 heteroatoms. The van der Waals surface area contributed by atoms with Crippen LogP contribution >= 0.6 is 0 Å². The fraction of sp³-hybridized carbons (Fsp3) is 0.190. The molecular weight excluding hydrogens is 338 g/mol. The minimum absolute atomic E-state index is 0.124. The standard InChI is InChI=1S/C21H21N5O/c1-3-26-19-10-9-17(23-21(27)16-7-5-15(2)6-8-16)13-18(19)24-20(26)14-25-12-4-11-22-25/h4-13H,3,14H2,1-2H3,(H,23,27). The number of nitrogens with zero attached hydrogens (tertiary/aromatic N) is 4. The summed E-state index contributed by atoms with van der Waals surface area (Å²) in [6, 6.07) is 15.3. The van der Waals surface area contributed by atoms with Crippen molar-refractivity contribution in [2.24, 2.45) is 0 Å². The van der Waals surface area contributed by atoms with Gasteiger partial charge in [0.1, 0.15) is 5.82 Å². The SMILES string of the molecule is CCn1c(Cn2cccn2)nc2cc(NC(=O)c3ccc(C)cc3)ccc21. The lowest BCUT2D eigenvalue weighted by Crippen LogP contribution is -2.11. The summed E-state index contributed by atoms with van der Waals surface area (Å²) in [6.07, 6.45) is 3.68. The molecule has 2 heterocycles. The monoisotopic (exact) mass is 359 g/mol. The third kappa shape index (κ3) is 3.46. The Morgan fingerprint density at radius 3 is 2.67 bits per heavy atom. The number of fused-ring (bicyclic) bond motifs is 1. The lowest BCUT2D eigenvalue weighted by Gasteiger charge is -2.07. The Labute approximate surface area is 157 Å². The van der Waals surface area contributed by atoms with E-state index in [4.69, 9.17) is 4.98 Å². The van der Waals surface area contributed by atoms with Crippen LogP contribution in [-0.2, 0) is 13.1 Å². The van der Waals surface area contributed by atoms with Gasteiger partial charge in [-0.25, -0.2) is 4.98 Å². The van der Waals surface area contributed by atoms with Gasteiger partial charge in [0.05, 0.1) is 17.6 Å². The van der Waals surface area contributed by atoms with E-state index in [1.54, 1.807) is 6.20 Å². The Balaban J connectivity index is 1.61. The zero-order valence-corrected chi connectivity index (χ0v) is 15.4. The summed E-state index contributed by atoms with van der Waals surface area (Å²) in [5, 5.41) is 7.22. The summed E-state index contributed by atoms with van der Waals surface area (Å²) < 4.78 is 4.02. The summed E-state index contributed by atoms with van der Waals surface area (Å²) in [6.45, 7) is 5.53. The number of anilines is 1. The number of nitrogens with one attached hydrogen (secondary N) is 1. The molecule has 0 fully saturated rings. The van der Waals surface area contributed by atoms with Crippen molar-refractivity contribution < 1.29 is 4.79 Å². The summed E-state index contributed by atoms with van der Waals surface area (Å²) in [5.41, 5.74) is 4.41. The van der Waals surface area contributed by atoms with Crippen LogP contribution in [0.1, 0.15) is 28.7 Å². The molecule has 0 radical (unpaired) electrons. The molecule has 4 aromatic rings. The number of imidazole rings is 1. The molecule has 0 saturated heterocycles. The van der Waals surface area contributed by atoms with Crippen LogP contribution in [-0.4, -0.2) is 25.2 Å². The second kappa shape index (κ2) is 7.07. The second-order valence-electron chi connectivity index (χ2n) is 6.50. The van der Waals surface area contributed by atoms with E-state index in [2.05, 4.69) is 21.9 Å². The first-order valence-corrected chi connectivity index (χ1v) is 8.98. The molecule has 0 aliphatic carbocycles. The van der Waals surface area contributed by atoms with Crippen LogP contribution in [0.25, 0.3) is 11.0 Å². The summed E-state index contributed by atoms with van der Waals surface area (Å²) >= 11 is 0. The number of rotatable bonds is 5. The highest BCUT2D eigenvalue weighted by Crippen LogP contribution is 2.22. The van der Waals surface area contributed by atoms with E-state index in [9.17, 15) is 4.79 Å². The number of carbonyl (C=O) groups is 1. The molecule has 136 valence electrons. The average molecular weight is 359 g/mol. The predicted octanol–water partition coefficient (Wildman–Crippen LogP) is 3.86. The third-order valence-electron chi connectivity index (χ3n) is 4.58. The first-order valence-electron chi connectivity index (χ1n) is 8.98. The normalized spacial score (nSPS) is 11.0. The van der Waals surface area contributed by atoms with Crippen LogP contribution in [0.5, 0.6) is 0 Å². The minimum Gasteiger partial charge on any atom is -0.327 e. The minimum atomic E-state index is -0.124. The van der Waals surface area contributed by atoms with Crippen LogP contribution in [0, 0.1) is 6.92 Å². The topological polar surface area (TPSA) is 64.7 Å². The Kier molecular flexibility index (Phi) is 4.46. The van der Waals surface area contributed by atoms with Crippen LogP contribution in [0.15, 0.2) is 60.9 Å². The van der Waals surface area contributed by atoms with E-state index in [0.717, 1.165) is 34.7 Å². The van der Waals surface area contributed by atoms with E-state index in [0.29, 0.717) is 12.1 Å². The number of aromatic nitrogens is 4. The van der Waals surface area contributed by atoms with Crippen molar-refractivity contribution in [2.45, 2.75) is 26.9 Å². The van der Waals surface area contributed by atoms with Gasteiger partial charge in [-0.15, -0.1) is 0 Å². The van der Waals surface area contributed by atoms with Gasteiger partial charge in [-0.2, -0.15) is 5.10 Å². The van der Waals surface area contributed by atoms with E-state index in [1.165, 1.54) is 0 Å². The number of aryl methyl sites for hydroxylation is 2. The molecule has 0 atom stereocenters. The molecule has 2 aromatic carbocycles. The average Bonchev–Trinajstić information content (AvgIpc) is 3.29. The van der Waals surface area contributed by atoms with Crippen molar-refractivity contribution in [3.63, 3.8) is 0 Å². The van der Waals surface area contributed by atoms with E-state index in [1.807, 2.05) is 66.3 Å². The Morgan fingerprint density at radius 2 is 1.96 bits per heavy atom. The van der Waals surface area contributed by atoms with Crippen molar-refractivity contribution >= 4 is 22.6 Å². The van der Waals surface area contributed by atoms with Crippen molar-refractivity contribution in [3.8, 4) is 0 Å². The fourth-order valence-corrected chi connectivity index (χ4v) is 3.18. The highest BCUT2D eigenvalue weighted by molar-refractivity contribution is 6.05. The van der Waals surface area contributed by atoms with Gasteiger partial charge in [-0.05, 0) is 50.2 Å². The molecule has 0 saturated carbocycles. The number of hydrogen-bond donors (Lipinski definition) is 1. The van der Waals surface area contributed by atoms with Gasteiger partial charge < -0.3 is 9.88 Å². The molecule has 4 rings (SSSR count). The van der Waals surface area contributed by atoms with E-state index < -0.39 is 0 Å². The first kappa shape index (κ1) is 17.0. The maximum absolute atomic E-state index is 12.5. The largest absolute Gasteiger partial charge is 0.327 e. The molecule has 27 heavy (non-hydrogen) atoms. The highest BCUT2D eigenvalue weighted by Gasteiger charge is 2.12. The zero-order chi connectivity index (χ0) is 18.8. The first-order chi connectivity index (χ1) is 13.1. The molecule has 6 nitrogen and oxygen atoms in total. The second-order valence-corrected chi connectivity index (χ2v) is 6.50. The maximum atomic E-state index is 12.5. The van der Waals surface area contributed by atoms with Crippen LogP contribution in [0.2, 0.25) is 0 Å². The van der Waals surface area contributed by atoms with Crippen LogP contribution in [0.4, 0.5) is 5.69 Å².